The molecular formula is C26H23NO6. The van der Waals surface area contributed by atoms with Crippen LogP contribution in [0, 0.1) is 0 Å². The van der Waals surface area contributed by atoms with Crippen molar-refractivity contribution in [2.75, 3.05) is 18.6 Å². The fraction of sp³-hybridized carbons (Fsp3) is 0.154. The lowest BCUT2D eigenvalue weighted by Crippen LogP contribution is -2.29. The fourth-order valence-corrected chi connectivity index (χ4v) is 3.91. The van der Waals surface area contributed by atoms with E-state index in [1.54, 1.807) is 60.7 Å². The highest BCUT2D eigenvalue weighted by molar-refractivity contribution is 6.51. The number of phenolic OH excluding ortho intramolecular Hbond substituents is 1. The van der Waals surface area contributed by atoms with E-state index in [4.69, 9.17) is 9.47 Å². The number of amides is 1. The van der Waals surface area contributed by atoms with Crippen LogP contribution in [0.1, 0.15) is 24.1 Å². The number of nitrogens with zero attached hydrogens (tertiary/aromatic N) is 1. The van der Waals surface area contributed by atoms with Gasteiger partial charge in [0, 0.05) is 11.3 Å². The van der Waals surface area contributed by atoms with Crippen molar-refractivity contribution < 1.29 is 29.3 Å². The number of carbonyl (C=O) groups excluding carboxylic acids is 2. The van der Waals surface area contributed by atoms with Crippen LogP contribution in [0.2, 0.25) is 0 Å². The van der Waals surface area contributed by atoms with Crippen LogP contribution in [0.3, 0.4) is 0 Å². The summed E-state index contributed by atoms with van der Waals surface area (Å²) in [4.78, 5) is 27.6. The molecule has 0 saturated carbocycles. The quantitative estimate of drug-likeness (QED) is 0.331. The Morgan fingerprint density at radius 1 is 0.970 bits per heavy atom. The third kappa shape index (κ3) is 4.13. The second kappa shape index (κ2) is 9.08. The van der Waals surface area contributed by atoms with Crippen molar-refractivity contribution in [3.63, 3.8) is 0 Å². The minimum atomic E-state index is -0.943. The average molecular weight is 445 g/mol. The number of methoxy groups -OCH3 is 1. The van der Waals surface area contributed by atoms with Crippen LogP contribution in [0.25, 0.3) is 5.76 Å². The van der Waals surface area contributed by atoms with Crippen LogP contribution in [0.15, 0.2) is 78.4 Å². The lowest BCUT2D eigenvalue weighted by Gasteiger charge is -2.25. The van der Waals surface area contributed by atoms with E-state index in [2.05, 4.69) is 0 Å². The predicted molar refractivity (Wildman–Crippen MR) is 123 cm³/mol. The van der Waals surface area contributed by atoms with E-state index in [0.717, 1.165) is 0 Å². The van der Waals surface area contributed by atoms with E-state index in [-0.39, 0.29) is 17.1 Å². The Hall–Kier alpha value is -4.26. The first-order chi connectivity index (χ1) is 15.9. The van der Waals surface area contributed by atoms with Crippen LogP contribution >= 0.6 is 0 Å². The topological polar surface area (TPSA) is 96.3 Å². The smallest absolute Gasteiger partial charge is 0.300 e. The summed E-state index contributed by atoms with van der Waals surface area (Å²) >= 11 is 0. The van der Waals surface area contributed by atoms with Gasteiger partial charge in [-0.05, 0) is 61.0 Å². The van der Waals surface area contributed by atoms with Crippen LogP contribution in [0.4, 0.5) is 5.69 Å². The van der Waals surface area contributed by atoms with Gasteiger partial charge in [0.15, 0.2) is 0 Å². The normalized spacial score (nSPS) is 17.3. The zero-order valence-electron chi connectivity index (χ0n) is 18.2. The number of phenols is 1. The zero-order chi connectivity index (χ0) is 23.5. The molecule has 1 atom stereocenters. The Kier molecular flexibility index (Phi) is 6.04. The second-order valence-corrected chi connectivity index (χ2v) is 7.42. The lowest BCUT2D eigenvalue weighted by molar-refractivity contribution is -0.132. The summed E-state index contributed by atoms with van der Waals surface area (Å²) in [5.41, 5.74) is 1.20. The van der Waals surface area contributed by atoms with E-state index >= 15 is 0 Å². The highest BCUT2D eigenvalue weighted by Crippen LogP contribution is 2.43. The molecule has 7 heteroatoms. The monoisotopic (exact) mass is 445 g/mol. The average Bonchev–Trinajstić information content (AvgIpc) is 3.09. The summed E-state index contributed by atoms with van der Waals surface area (Å²) < 4.78 is 10.7. The molecule has 33 heavy (non-hydrogen) atoms. The molecule has 1 unspecified atom stereocenters. The van der Waals surface area contributed by atoms with Crippen molar-refractivity contribution in [1.82, 2.24) is 0 Å². The molecule has 1 saturated heterocycles. The summed E-state index contributed by atoms with van der Waals surface area (Å²) in [5.74, 6) is -0.822. The molecule has 4 rings (SSSR count). The largest absolute Gasteiger partial charge is 0.508 e. The van der Waals surface area contributed by atoms with Crippen LogP contribution < -0.4 is 14.4 Å². The number of hydrogen-bond acceptors (Lipinski definition) is 6. The molecule has 3 aromatic carbocycles. The van der Waals surface area contributed by atoms with Gasteiger partial charge in [-0.1, -0.05) is 24.3 Å². The standard InChI is InChI=1S/C26H23NO6/c1-3-33-21-9-5-7-17(15-21)24(29)22-23(16-6-4-8-19(28)14-16)27(26(31)25(22)30)18-10-12-20(32-2)13-11-18/h4-15,23,28-29H,3H2,1-2H3/b24-22-. The minimum Gasteiger partial charge on any atom is -0.508 e. The Bertz CT molecular complexity index is 1230. The van der Waals surface area contributed by atoms with Gasteiger partial charge >= 0.3 is 0 Å². The molecule has 0 bridgehead atoms. The van der Waals surface area contributed by atoms with Crippen molar-refractivity contribution >= 4 is 23.1 Å². The molecule has 1 heterocycles. The zero-order valence-corrected chi connectivity index (χ0v) is 18.2. The highest BCUT2D eigenvalue weighted by Gasteiger charge is 2.47. The van der Waals surface area contributed by atoms with Gasteiger partial charge in [-0.15, -0.1) is 0 Å². The highest BCUT2D eigenvalue weighted by atomic mass is 16.5. The van der Waals surface area contributed by atoms with E-state index in [1.807, 2.05) is 6.92 Å². The molecule has 3 aromatic rings. The van der Waals surface area contributed by atoms with Crippen molar-refractivity contribution in [2.24, 2.45) is 0 Å². The number of aromatic hydroxyl groups is 1. The van der Waals surface area contributed by atoms with E-state index in [0.29, 0.717) is 34.9 Å². The van der Waals surface area contributed by atoms with Crippen molar-refractivity contribution in [3.8, 4) is 17.2 Å². The van der Waals surface area contributed by atoms with Gasteiger partial charge in [-0.25, -0.2) is 0 Å². The molecule has 2 N–H and O–H groups in total. The first-order valence-electron chi connectivity index (χ1n) is 10.4. The maximum Gasteiger partial charge on any atom is 0.300 e. The summed E-state index contributed by atoms with van der Waals surface area (Å²) in [7, 11) is 1.53. The molecule has 0 radical (unpaired) electrons. The van der Waals surface area contributed by atoms with Gasteiger partial charge in [0.25, 0.3) is 11.7 Å². The summed E-state index contributed by atoms with van der Waals surface area (Å²) in [6, 6.07) is 18.7. The fourth-order valence-electron chi connectivity index (χ4n) is 3.91. The molecule has 0 spiro atoms. The number of ketones is 1. The third-order valence-electron chi connectivity index (χ3n) is 5.40. The molecule has 1 amide bonds. The first-order valence-corrected chi connectivity index (χ1v) is 10.4. The second-order valence-electron chi connectivity index (χ2n) is 7.42. The predicted octanol–water partition coefficient (Wildman–Crippen LogP) is 4.43. The van der Waals surface area contributed by atoms with Gasteiger partial charge in [0.2, 0.25) is 0 Å². The number of anilines is 1. The number of benzene rings is 3. The van der Waals surface area contributed by atoms with Crippen LogP contribution in [-0.4, -0.2) is 35.6 Å². The maximum atomic E-state index is 13.2. The molecule has 168 valence electrons. The Morgan fingerprint density at radius 3 is 2.36 bits per heavy atom. The maximum absolute atomic E-state index is 13.2. The number of Topliss-reactive ketones (excluding diaryl/α,β-unsaturated/α-hetero) is 1. The van der Waals surface area contributed by atoms with Crippen molar-refractivity contribution in [1.29, 1.82) is 0 Å². The summed E-state index contributed by atoms with van der Waals surface area (Å²) in [5, 5.41) is 21.3. The number of aliphatic hydroxyl groups excluding tert-OH is 1. The van der Waals surface area contributed by atoms with Gasteiger partial charge in [0.1, 0.15) is 23.0 Å². The molecule has 1 aliphatic heterocycles. The molecule has 1 fully saturated rings. The van der Waals surface area contributed by atoms with E-state index < -0.39 is 17.7 Å². The van der Waals surface area contributed by atoms with Gasteiger partial charge in [-0.2, -0.15) is 0 Å². The minimum absolute atomic E-state index is 0.0221. The summed E-state index contributed by atoms with van der Waals surface area (Å²) in [6.07, 6.45) is 0. The number of hydrogen-bond donors (Lipinski definition) is 2. The van der Waals surface area contributed by atoms with E-state index in [1.165, 1.54) is 24.1 Å². The number of rotatable bonds is 6. The lowest BCUT2D eigenvalue weighted by atomic mass is 9.95. The molecule has 0 aliphatic carbocycles. The van der Waals surface area contributed by atoms with Gasteiger partial charge in [0.05, 0.1) is 25.3 Å². The molecule has 7 nitrogen and oxygen atoms in total. The molecule has 1 aliphatic rings. The molecule has 0 aromatic heterocycles. The van der Waals surface area contributed by atoms with E-state index in [9.17, 15) is 19.8 Å². The Labute approximate surface area is 191 Å². The third-order valence-corrected chi connectivity index (χ3v) is 5.40. The first kappa shape index (κ1) is 22.0. The number of ether oxygens (including phenoxy) is 2. The van der Waals surface area contributed by atoms with Gasteiger partial charge in [-0.3, -0.25) is 14.5 Å². The number of carbonyl (C=O) groups is 2. The van der Waals surface area contributed by atoms with Gasteiger partial charge < -0.3 is 19.7 Å². The number of aliphatic hydroxyl groups is 1. The van der Waals surface area contributed by atoms with Crippen LogP contribution in [0.5, 0.6) is 17.2 Å². The Morgan fingerprint density at radius 2 is 1.70 bits per heavy atom. The summed E-state index contributed by atoms with van der Waals surface area (Å²) in [6.45, 7) is 2.28. The SMILES string of the molecule is CCOc1cccc(/C(O)=C2/C(=O)C(=O)N(c3ccc(OC)cc3)C2c2cccc(O)c2)c1. The molecular weight excluding hydrogens is 422 g/mol. The van der Waals surface area contributed by atoms with Crippen molar-refractivity contribution in [3.05, 3.63) is 89.5 Å². The van der Waals surface area contributed by atoms with Crippen LogP contribution in [-0.2, 0) is 9.59 Å². The Balaban J connectivity index is 1.91. The van der Waals surface area contributed by atoms with Crippen molar-refractivity contribution in [2.45, 2.75) is 13.0 Å².